The van der Waals surface area contributed by atoms with E-state index in [1.165, 1.54) is 4.31 Å². The van der Waals surface area contributed by atoms with Gasteiger partial charge in [-0.05, 0) is 44.4 Å². The first-order valence-corrected chi connectivity index (χ1v) is 12.8. The highest BCUT2D eigenvalue weighted by Gasteiger charge is 2.27. The third-order valence-electron chi connectivity index (χ3n) is 5.98. The lowest BCUT2D eigenvalue weighted by Crippen LogP contribution is -2.40. The third-order valence-corrected chi connectivity index (χ3v) is 7.87. The van der Waals surface area contributed by atoms with Crippen LogP contribution in [0, 0.1) is 0 Å². The van der Waals surface area contributed by atoms with Crippen molar-refractivity contribution in [2.24, 2.45) is 0 Å². The fourth-order valence-corrected chi connectivity index (χ4v) is 5.64. The van der Waals surface area contributed by atoms with Gasteiger partial charge in [-0.3, -0.25) is 4.79 Å². The molecule has 9 nitrogen and oxygen atoms in total. The van der Waals surface area contributed by atoms with Crippen LogP contribution in [-0.2, 0) is 42.0 Å². The van der Waals surface area contributed by atoms with E-state index in [0.717, 1.165) is 37.2 Å². The van der Waals surface area contributed by atoms with Gasteiger partial charge in [0.05, 0.1) is 41.7 Å². The molecule has 176 valence electrons. The van der Waals surface area contributed by atoms with E-state index in [4.69, 9.17) is 14.2 Å². The molecule has 1 unspecified atom stereocenters. The average molecular weight is 466 g/mol. The number of aromatic nitrogens is 2. The quantitative estimate of drug-likeness (QED) is 0.551. The molecule has 0 bridgehead atoms. The maximum absolute atomic E-state index is 13.0. The van der Waals surface area contributed by atoms with Crippen LogP contribution < -0.4 is 0 Å². The van der Waals surface area contributed by atoms with Gasteiger partial charge >= 0.3 is 5.97 Å². The monoisotopic (exact) mass is 465 g/mol. The van der Waals surface area contributed by atoms with Gasteiger partial charge in [0, 0.05) is 32.7 Å². The summed E-state index contributed by atoms with van der Waals surface area (Å²) in [4.78, 5) is 17.1. The van der Waals surface area contributed by atoms with Gasteiger partial charge < -0.3 is 18.8 Å². The zero-order chi connectivity index (χ0) is 22.6. The molecule has 0 radical (unpaired) electrons. The third kappa shape index (κ3) is 5.14. The summed E-state index contributed by atoms with van der Waals surface area (Å²) in [5.41, 5.74) is 1.47. The van der Waals surface area contributed by atoms with E-state index in [1.807, 2.05) is 11.5 Å². The fourth-order valence-electron chi connectivity index (χ4n) is 4.21. The Bertz CT molecular complexity index is 1040. The summed E-state index contributed by atoms with van der Waals surface area (Å²) in [7, 11) is -3.59. The molecule has 4 rings (SSSR count). The maximum Gasteiger partial charge on any atom is 0.306 e. The van der Waals surface area contributed by atoms with E-state index in [9.17, 15) is 13.2 Å². The van der Waals surface area contributed by atoms with Crippen molar-refractivity contribution < 1.29 is 27.4 Å². The predicted octanol–water partition coefficient (Wildman–Crippen LogP) is 2.12. The largest absolute Gasteiger partial charge is 0.463 e. The molecule has 1 aromatic carbocycles. The molecule has 3 heterocycles. The summed E-state index contributed by atoms with van der Waals surface area (Å²) in [6.45, 7) is 5.20. The molecule has 32 heavy (non-hydrogen) atoms. The molecule has 1 aromatic heterocycles. The lowest BCUT2D eigenvalue weighted by Gasteiger charge is -2.26. The number of morpholine rings is 1. The summed E-state index contributed by atoms with van der Waals surface area (Å²) in [5, 5.41) is 0. The molecule has 0 aliphatic carbocycles. The fraction of sp³-hybridized carbons (Fsp3) is 0.636. The topological polar surface area (TPSA) is 100.0 Å². The molecule has 1 atom stereocenters. The van der Waals surface area contributed by atoms with Crippen molar-refractivity contribution in [3.63, 3.8) is 0 Å². The second kappa shape index (κ2) is 10.3. The SMILES string of the molecule is CCn1c(CCC(=O)OCC2CCCCO2)nc2cc(S(=O)(=O)N3CCOCC3)ccc21. The lowest BCUT2D eigenvalue weighted by atomic mass is 10.1. The predicted molar refractivity (Wildman–Crippen MR) is 118 cm³/mol. The number of carbonyl (C=O) groups is 1. The first kappa shape index (κ1) is 23.2. The Morgan fingerprint density at radius 3 is 2.75 bits per heavy atom. The van der Waals surface area contributed by atoms with Gasteiger partial charge in [0.25, 0.3) is 0 Å². The lowest BCUT2D eigenvalue weighted by molar-refractivity contribution is -0.149. The molecular weight excluding hydrogens is 434 g/mol. The van der Waals surface area contributed by atoms with Crippen LogP contribution in [0.25, 0.3) is 11.0 Å². The van der Waals surface area contributed by atoms with Gasteiger partial charge in [0.1, 0.15) is 12.4 Å². The molecule has 0 saturated carbocycles. The van der Waals surface area contributed by atoms with Crippen molar-refractivity contribution in [2.45, 2.75) is 56.6 Å². The van der Waals surface area contributed by atoms with E-state index in [1.54, 1.807) is 18.2 Å². The smallest absolute Gasteiger partial charge is 0.306 e. The van der Waals surface area contributed by atoms with Gasteiger partial charge in [-0.2, -0.15) is 4.31 Å². The minimum absolute atomic E-state index is 0.000229. The second-order valence-corrected chi connectivity index (χ2v) is 10.0. The summed E-state index contributed by atoms with van der Waals surface area (Å²) >= 11 is 0. The number of ether oxygens (including phenoxy) is 3. The van der Waals surface area contributed by atoms with Crippen LogP contribution in [0.5, 0.6) is 0 Å². The zero-order valence-corrected chi connectivity index (χ0v) is 19.3. The van der Waals surface area contributed by atoms with Gasteiger partial charge in [-0.25, -0.2) is 13.4 Å². The Morgan fingerprint density at radius 2 is 2.03 bits per heavy atom. The number of benzene rings is 1. The Labute approximate surface area is 188 Å². The van der Waals surface area contributed by atoms with Gasteiger partial charge in [-0.15, -0.1) is 0 Å². The number of rotatable bonds is 8. The molecule has 2 saturated heterocycles. The van der Waals surface area contributed by atoms with Crippen LogP contribution in [0.3, 0.4) is 0 Å². The number of imidazole rings is 1. The molecular formula is C22H31N3O6S. The number of carbonyl (C=O) groups excluding carboxylic acids is 1. The van der Waals surface area contributed by atoms with Crippen LogP contribution in [0.2, 0.25) is 0 Å². The van der Waals surface area contributed by atoms with Crippen molar-refractivity contribution in [1.29, 1.82) is 0 Å². The van der Waals surface area contributed by atoms with Crippen LogP contribution in [-0.4, -0.2) is 73.9 Å². The highest BCUT2D eigenvalue weighted by atomic mass is 32.2. The molecule has 0 N–H and O–H groups in total. The molecule has 2 aliphatic heterocycles. The van der Waals surface area contributed by atoms with Gasteiger partial charge in [-0.1, -0.05) is 0 Å². The first-order valence-electron chi connectivity index (χ1n) is 11.3. The van der Waals surface area contributed by atoms with E-state index >= 15 is 0 Å². The molecule has 10 heteroatoms. The van der Waals surface area contributed by atoms with Gasteiger partial charge in [0.15, 0.2) is 0 Å². The zero-order valence-electron chi connectivity index (χ0n) is 18.5. The summed E-state index contributed by atoms with van der Waals surface area (Å²) < 4.78 is 45.7. The number of sulfonamides is 1. The summed E-state index contributed by atoms with van der Waals surface area (Å²) in [5.74, 6) is 0.471. The Morgan fingerprint density at radius 1 is 1.22 bits per heavy atom. The molecule has 0 spiro atoms. The number of fused-ring (bicyclic) bond motifs is 1. The Balaban J connectivity index is 1.44. The van der Waals surface area contributed by atoms with Crippen molar-refractivity contribution in [3.05, 3.63) is 24.0 Å². The molecule has 2 fully saturated rings. The number of hydrogen-bond donors (Lipinski definition) is 0. The molecule has 2 aliphatic rings. The van der Waals surface area contributed by atoms with Gasteiger partial charge in [0.2, 0.25) is 10.0 Å². The van der Waals surface area contributed by atoms with Crippen molar-refractivity contribution in [3.8, 4) is 0 Å². The Hall–Kier alpha value is -2.01. The van der Waals surface area contributed by atoms with E-state index < -0.39 is 10.0 Å². The minimum Gasteiger partial charge on any atom is -0.463 e. The van der Waals surface area contributed by atoms with Crippen molar-refractivity contribution in [1.82, 2.24) is 13.9 Å². The highest BCUT2D eigenvalue weighted by Crippen LogP contribution is 2.24. The normalized spacial score (nSPS) is 20.5. The standard InChI is InChI=1S/C22H31N3O6S/c1-2-25-20-7-6-18(32(27,28)24-10-13-29-14-11-24)15-19(20)23-21(25)8-9-22(26)31-16-17-5-3-4-12-30-17/h6-7,15,17H,2-5,8-14,16H2,1H3. The number of aryl methyl sites for hydroxylation is 2. The number of esters is 1. The first-order chi connectivity index (χ1) is 15.5. The number of nitrogens with zero attached hydrogens (tertiary/aromatic N) is 3. The maximum atomic E-state index is 13.0. The van der Waals surface area contributed by atoms with Crippen LogP contribution in [0.4, 0.5) is 0 Å². The average Bonchev–Trinajstić information content (AvgIpc) is 3.19. The van der Waals surface area contributed by atoms with Crippen LogP contribution in [0.1, 0.15) is 38.4 Å². The van der Waals surface area contributed by atoms with E-state index in [0.29, 0.717) is 51.4 Å². The number of hydrogen-bond acceptors (Lipinski definition) is 7. The minimum atomic E-state index is -3.59. The highest BCUT2D eigenvalue weighted by molar-refractivity contribution is 7.89. The van der Waals surface area contributed by atoms with Crippen LogP contribution >= 0.6 is 0 Å². The summed E-state index contributed by atoms with van der Waals surface area (Å²) in [6, 6.07) is 5.04. The molecule has 0 amide bonds. The second-order valence-electron chi connectivity index (χ2n) is 8.11. The van der Waals surface area contributed by atoms with Crippen LogP contribution in [0.15, 0.2) is 23.1 Å². The Kier molecular flexibility index (Phi) is 7.44. The molecule has 2 aromatic rings. The van der Waals surface area contributed by atoms with E-state index in [2.05, 4.69) is 4.98 Å². The summed E-state index contributed by atoms with van der Waals surface area (Å²) in [6.07, 6.45) is 3.74. The van der Waals surface area contributed by atoms with Crippen molar-refractivity contribution >= 4 is 27.0 Å². The van der Waals surface area contributed by atoms with Crippen molar-refractivity contribution in [2.75, 3.05) is 39.5 Å². The van der Waals surface area contributed by atoms with E-state index in [-0.39, 0.29) is 23.4 Å².